The lowest BCUT2D eigenvalue weighted by Crippen LogP contribution is -2.54. The average molecular weight is 530 g/mol. The molecule has 2 saturated heterocycles. The molecule has 4 aliphatic rings. The first kappa shape index (κ1) is 24.9. The lowest BCUT2D eigenvalue weighted by molar-refractivity contribution is -0.139. The number of nitrogens with zero attached hydrogens (tertiary/aromatic N) is 3. The standard InChI is InChI=1S/C30H31N3O4S/c1-19-11-12-20(2)22(18-19)32-15-7-13-30-25(28(36)33(16-17-34)26(30)29(32)37)24-23(38-30)10-6-14-31(27(24)35)21-8-4-3-5-9-21/h3-13,18,23-26,34H,14-17H2,1-2H3/t23-,24+,25+,26?,30+/m1/s1. The Labute approximate surface area is 226 Å². The van der Waals surface area contributed by atoms with Crippen LogP contribution in [0.2, 0.25) is 0 Å². The van der Waals surface area contributed by atoms with Gasteiger partial charge in [-0.3, -0.25) is 14.4 Å². The Kier molecular flexibility index (Phi) is 6.19. The van der Waals surface area contributed by atoms with Crippen molar-refractivity contribution in [2.45, 2.75) is 29.9 Å². The first-order chi connectivity index (χ1) is 18.4. The maximum Gasteiger partial charge on any atom is 0.251 e. The highest BCUT2D eigenvalue weighted by molar-refractivity contribution is 8.02. The van der Waals surface area contributed by atoms with Gasteiger partial charge in [0, 0.05) is 36.3 Å². The van der Waals surface area contributed by atoms with Gasteiger partial charge in [0.2, 0.25) is 11.8 Å². The van der Waals surface area contributed by atoms with Gasteiger partial charge in [0.25, 0.3) is 5.91 Å². The molecule has 0 bridgehead atoms. The summed E-state index contributed by atoms with van der Waals surface area (Å²) >= 11 is 1.55. The lowest BCUT2D eigenvalue weighted by atomic mass is 9.78. The molecule has 2 aromatic rings. The molecule has 1 N–H and O–H groups in total. The van der Waals surface area contributed by atoms with Crippen LogP contribution < -0.4 is 9.80 Å². The van der Waals surface area contributed by atoms with E-state index < -0.39 is 22.6 Å². The van der Waals surface area contributed by atoms with Gasteiger partial charge in [-0.05, 0) is 43.2 Å². The van der Waals surface area contributed by atoms with Crippen molar-refractivity contribution in [3.8, 4) is 0 Å². The molecule has 1 unspecified atom stereocenters. The van der Waals surface area contributed by atoms with E-state index in [9.17, 15) is 19.5 Å². The second-order valence-electron chi connectivity index (χ2n) is 10.5. The van der Waals surface area contributed by atoms with Crippen LogP contribution in [-0.2, 0) is 14.4 Å². The molecule has 1 spiro atoms. The summed E-state index contributed by atoms with van der Waals surface area (Å²) in [5, 5.41) is 9.68. The maximum atomic E-state index is 14.4. The van der Waals surface area contributed by atoms with E-state index >= 15 is 0 Å². The molecule has 8 heteroatoms. The summed E-state index contributed by atoms with van der Waals surface area (Å²) < 4.78 is -0.898. The van der Waals surface area contributed by atoms with Crippen molar-refractivity contribution in [1.29, 1.82) is 0 Å². The molecule has 5 atom stereocenters. The van der Waals surface area contributed by atoms with Crippen LogP contribution in [0.15, 0.2) is 72.8 Å². The molecule has 3 amide bonds. The zero-order valence-corrected chi connectivity index (χ0v) is 22.3. The maximum absolute atomic E-state index is 14.4. The van der Waals surface area contributed by atoms with Crippen LogP contribution in [-0.4, -0.2) is 70.0 Å². The predicted molar refractivity (Wildman–Crippen MR) is 149 cm³/mol. The first-order valence-corrected chi connectivity index (χ1v) is 13.9. The SMILES string of the molecule is Cc1ccc(C)c(N2CC=C[C@]34S[C@@H]5C=CCN(c6ccccc6)C(=O)[C@@H]5[C@H]3C(=O)N(CCO)C4C2=O)c1. The first-order valence-electron chi connectivity index (χ1n) is 13.1. The second kappa shape index (κ2) is 9.43. The average Bonchev–Trinajstić information content (AvgIpc) is 3.21. The van der Waals surface area contributed by atoms with Gasteiger partial charge in [-0.25, -0.2) is 0 Å². The van der Waals surface area contributed by atoms with Crippen LogP contribution in [0.3, 0.4) is 0 Å². The Morgan fingerprint density at radius 2 is 1.71 bits per heavy atom. The fourth-order valence-corrected chi connectivity index (χ4v) is 8.56. The Morgan fingerprint density at radius 1 is 0.947 bits per heavy atom. The lowest BCUT2D eigenvalue weighted by Gasteiger charge is -2.35. The highest BCUT2D eigenvalue weighted by Gasteiger charge is 2.71. The molecule has 196 valence electrons. The molecule has 4 heterocycles. The van der Waals surface area contributed by atoms with Crippen molar-refractivity contribution in [2.75, 3.05) is 36.0 Å². The number of aliphatic hydroxyl groups is 1. The predicted octanol–water partition coefficient (Wildman–Crippen LogP) is 3.10. The van der Waals surface area contributed by atoms with E-state index in [1.807, 2.05) is 86.7 Å². The number of carbonyl (C=O) groups excluding carboxylic acids is 3. The number of hydrogen-bond donors (Lipinski definition) is 1. The van der Waals surface area contributed by atoms with Gasteiger partial charge in [-0.15, -0.1) is 11.8 Å². The minimum absolute atomic E-state index is 0.0480. The molecular formula is C30H31N3O4S. The van der Waals surface area contributed by atoms with Gasteiger partial charge >= 0.3 is 0 Å². The zero-order chi connectivity index (χ0) is 26.6. The Morgan fingerprint density at radius 3 is 2.47 bits per heavy atom. The number of amides is 3. The van der Waals surface area contributed by atoms with Gasteiger partial charge in [-0.1, -0.05) is 54.6 Å². The number of rotatable bonds is 4. The van der Waals surface area contributed by atoms with Crippen LogP contribution in [0.5, 0.6) is 0 Å². The number of aryl methyl sites for hydroxylation is 2. The summed E-state index contributed by atoms with van der Waals surface area (Å²) in [6.45, 7) is 4.58. The molecule has 2 aromatic carbocycles. The van der Waals surface area contributed by atoms with Crippen LogP contribution in [0.4, 0.5) is 11.4 Å². The monoisotopic (exact) mass is 529 g/mol. The summed E-state index contributed by atoms with van der Waals surface area (Å²) in [6.07, 6.45) is 8.02. The van der Waals surface area contributed by atoms with Crippen LogP contribution in [0.25, 0.3) is 0 Å². The largest absolute Gasteiger partial charge is 0.395 e. The van der Waals surface area contributed by atoms with E-state index in [1.165, 1.54) is 4.90 Å². The fraction of sp³-hybridized carbons (Fsp3) is 0.367. The number of para-hydroxylation sites is 1. The van der Waals surface area contributed by atoms with Crippen molar-refractivity contribution < 1.29 is 19.5 Å². The quantitative estimate of drug-likeness (QED) is 0.616. The van der Waals surface area contributed by atoms with E-state index in [1.54, 1.807) is 21.6 Å². The van der Waals surface area contributed by atoms with E-state index in [4.69, 9.17) is 0 Å². The third kappa shape index (κ3) is 3.65. The van der Waals surface area contributed by atoms with E-state index in [0.717, 1.165) is 22.5 Å². The molecule has 7 nitrogen and oxygen atoms in total. The summed E-state index contributed by atoms with van der Waals surface area (Å²) in [4.78, 5) is 47.6. The zero-order valence-electron chi connectivity index (χ0n) is 21.5. The Hall–Kier alpha value is -3.36. The highest BCUT2D eigenvalue weighted by atomic mass is 32.2. The molecule has 0 aliphatic carbocycles. The van der Waals surface area contributed by atoms with Crippen molar-refractivity contribution in [1.82, 2.24) is 4.90 Å². The smallest absolute Gasteiger partial charge is 0.251 e. The summed E-state index contributed by atoms with van der Waals surface area (Å²) in [5.74, 6) is -1.82. The summed E-state index contributed by atoms with van der Waals surface area (Å²) in [7, 11) is 0. The number of hydrogen-bond acceptors (Lipinski definition) is 5. The normalized spacial score (nSPS) is 30.3. The molecule has 0 saturated carbocycles. The van der Waals surface area contributed by atoms with Crippen molar-refractivity contribution >= 4 is 40.9 Å². The van der Waals surface area contributed by atoms with Crippen molar-refractivity contribution in [2.24, 2.45) is 11.8 Å². The number of thioether (sulfide) groups is 1. The van der Waals surface area contributed by atoms with E-state index in [-0.39, 0.29) is 36.1 Å². The molecule has 4 aliphatic heterocycles. The minimum Gasteiger partial charge on any atom is -0.395 e. The molecule has 6 rings (SSSR count). The molecular weight excluding hydrogens is 498 g/mol. The second-order valence-corrected chi connectivity index (χ2v) is 11.9. The molecule has 38 heavy (non-hydrogen) atoms. The minimum atomic E-state index is -0.898. The molecule has 2 fully saturated rings. The summed E-state index contributed by atoms with van der Waals surface area (Å²) in [5.41, 5.74) is 3.63. The number of carbonyl (C=O) groups is 3. The number of β-amino-alcohol motifs (C(OH)–C–C–N with tert-alkyl or cyclic N) is 1. The van der Waals surface area contributed by atoms with Gasteiger partial charge in [0.15, 0.2) is 0 Å². The number of fused-ring (bicyclic) bond motifs is 2. The topological polar surface area (TPSA) is 81.2 Å². The molecule has 0 aromatic heterocycles. The third-order valence-electron chi connectivity index (χ3n) is 8.22. The number of aliphatic hydroxyl groups excluding tert-OH is 1. The van der Waals surface area contributed by atoms with E-state index in [2.05, 4.69) is 0 Å². The van der Waals surface area contributed by atoms with Gasteiger partial charge in [-0.2, -0.15) is 0 Å². The van der Waals surface area contributed by atoms with Gasteiger partial charge in [0.05, 0.1) is 23.2 Å². The van der Waals surface area contributed by atoms with Crippen LogP contribution in [0, 0.1) is 25.7 Å². The number of anilines is 2. The van der Waals surface area contributed by atoms with E-state index in [0.29, 0.717) is 13.1 Å². The highest BCUT2D eigenvalue weighted by Crippen LogP contribution is 2.61. The van der Waals surface area contributed by atoms with Crippen LogP contribution >= 0.6 is 11.8 Å². The Balaban J connectivity index is 1.45. The summed E-state index contributed by atoms with van der Waals surface area (Å²) in [6, 6.07) is 14.7. The number of likely N-dealkylation sites (tertiary alicyclic amines) is 1. The van der Waals surface area contributed by atoms with Gasteiger partial charge in [0.1, 0.15) is 6.04 Å². The molecule has 0 radical (unpaired) electrons. The van der Waals surface area contributed by atoms with Crippen LogP contribution in [0.1, 0.15) is 11.1 Å². The van der Waals surface area contributed by atoms with Gasteiger partial charge < -0.3 is 19.8 Å². The van der Waals surface area contributed by atoms with Crippen molar-refractivity contribution in [3.05, 3.63) is 84.0 Å². The third-order valence-corrected chi connectivity index (χ3v) is 9.97. The van der Waals surface area contributed by atoms with Crippen molar-refractivity contribution in [3.63, 3.8) is 0 Å². The Bertz CT molecular complexity index is 1360. The number of benzene rings is 2. The fourth-order valence-electron chi connectivity index (χ4n) is 6.55.